The number of aromatic hydroxyl groups is 1. The summed E-state index contributed by atoms with van der Waals surface area (Å²) in [6, 6.07) is 15.4. The lowest BCUT2D eigenvalue weighted by Gasteiger charge is -2.29. The van der Waals surface area contributed by atoms with Crippen molar-refractivity contribution in [2.75, 3.05) is 20.6 Å². The number of rotatable bonds is 3. The molecule has 0 spiro atoms. The third kappa shape index (κ3) is 2.78. The van der Waals surface area contributed by atoms with Crippen LogP contribution in [-0.2, 0) is 6.42 Å². The van der Waals surface area contributed by atoms with E-state index in [4.69, 9.17) is 0 Å². The summed E-state index contributed by atoms with van der Waals surface area (Å²) in [5.41, 5.74) is 5.29. The smallest absolute Gasteiger partial charge is 0.116 e. The van der Waals surface area contributed by atoms with E-state index in [1.54, 1.807) is 12.1 Å². The number of aliphatic hydroxyl groups is 1. The highest BCUT2D eigenvalue weighted by Crippen LogP contribution is 2.37. The maximum Gasteiger partial charge on any atom is 0.116 e. The SMILES string of the molecule is CN(C)CC1=C(c2cccc(O)c2)c2ccccc2CC1O. The van der Waals surface area contributed by atoms with E-state index < -0.39 is 6.10 Å². The Hall–Kier alpha value is -2.10. The van der Waals surface area contributed by atoms with Crippen LogP contribution in [0.3, 0.4) is 0 Å². The molecule has 0 heterocycles. The minimum atomic E-state index is -0.491. The molecule has 0 fully saturated rings. The van der Waals surface area contributed by atoms with E-state index in [2.05, 4.69) is 17.0 Å². The molecule has 0 saturated carbocycles. The van der Waals surface area contributed by atoms with Gasteiger partial charge in [0.25, 0.3) is 0 Å². The van der Waals surface area contributed by atoms with Gasteiger partial charge in [-0.3, -0.25) is 0 Å². The fourth-order valence-corrected chi connectivity index (χ4v) is 3.14. The van der Waals surface area contributed by atoms with E-state index >= 15 is 0 Å². The van der Waals surface area contributed by atoms with E-state index in [0.29, 0.717) is 13.0 Å². The summed E-state index contributed by atoms with van der Waals surface area (Å²) in [7, 11) is 4.00. The lowest BCUT2D eigenvalue weighted by atomic mass is 9.80. The summed E-state index contributed by atoms with van der Waals surface area (Å²) in [5.74, 6) is 0.242. The van der Waals surface area contributed by atoms with Gasteiger partial charge in [-0.2, -0.15) is 0 Å². The number of hydrogen-bond acceptors (Lipinski definition) is 3. The molecule has 1 unspecified atom stereocenters. The number of aliphatic hydroxyl groups excluding tert-OH is 1. The van der Waals surface area contributed by atoms with Crippen molar-refractivity contribution in [2.45, 2.75) is 12.5 Å². The molecule has 3 rings (SSSR count). The molecule has 2 N–H and O–H groups in total. The van der Waals surface area contributed by atoms with Crippen LogP contribution in [0.15, 0.2) is 54.1 Å². The van der Waals surface area contributed by atoms with Crippen molar-refractivity contribution in [3.63, 3.8) is 0 Å². The zero-order valence-electron chi connectivity index (χ0n) is 13.0. The largest absolute Gasteiger partial charge is 0.508 e. The van der Waals surface area contributed by atoms with E-state index in [9.17, 15) is 10.2 Å². The fourth-order valence-electron chi connectivity index (χ4n) is 3.14. The minimum Gasteiger partial charge on any atom is -0.508 e. The predicted molar refractivity (Wildman–Crippen MR) is 88.8 cm³/mol. The first-order valence-electron chi connectivity index (χ1n) is 7.50. The molecule has 1 aliphatic rings. The van der Waals surface area contributed by atoms with Gasteiger partial charge in [0.1, 0.15) is 5.75 Å². The van der Waals surface area contributed by atoms with Crippen molar-refractivity contribution in [1.82, 2.24) is 4.90 Å². The van der Waals surface area contributed by atoms with Crippen LogP contribution >= 0.6 is 0 Å². The van der Waals surface area contributed by atoms with Crippen molar-refractivity contribution in [1.29, 1.82) is 0 Å². The first-order chi connectivity index (χ1) is 10.6. The third-order valence-corrected chi connectivity index (χ3v) is 4.04. The maximum atomic E-state index is 10.6. The fraction of sp³-hybridized carbons (Fsp3) is 0.263. The number of likely N-dealkylation sites (N-methyl/N-ethyl adjacent to an activating group) is 1. The lowest BCUT2D eigenvalue weighted by Crippen LogP contribution is -2.29. The van der Waals surface area contributed by atoms with Crippen molar-refractivity contribution >= 4 is 5.57 Å². The van der Waals surface area contributed by atoms with E-state index in [-0.39, 0.29) is 5.75 Å². The second-order valence-electron chi connectivity index (χ2n) is 6.07. The molecule has 114 valence electrons. The number of phenolic OH excluding ortho intramolecular Hbond substituents is 1. The summed E-state index contributed by atoms with van der Waals surface area (Å²) < 4.78 is 0. The molecule has 2 aromatic rings. The standard InChI is InChI=1S/C19H21NO2/c1-20(2)12-17-18(22)11-13-6-3-4-9-16(13)19(17)14-7-5-8-15(21)10-14/h3-10,18,21-22H,11-12H2,1-2H3. The Morgan fingerprint density at radius 2 is 1.86 bits per heavy atom. The predicted octanol–water partition coefficient (Wildman–Crippen LogP) is 2.67. The van der Waals surface area contributed by atoms with Gasteiger partial charge < -0.3 is 15.1 Å². The molecular weight excluding hydrogens is 274 g/mol. The van der Waals surface area contributed by atoms with Gasteiger partial charge in [0.2, 0.25) is 0 Å². The highest BCUT2D eigenvalue weighted by Gasteiger charge is 2.26. The van der Waals surface area contributed by atoms with Gasteiger partial charge in [-0.1, -0.05) is 36.4 Å². The molecule has 2 aromatic carbocycles. The maximum absolute atomic E-state index is 10.6. The van der Waals surface area contributed by atoms with Crippen molar-refractivity contribution in [3.8, 4) is 5.75 Å². The average Bonchev–Trinajstić information content (AvgIpc) is 2.47. The Bertz CT molecular complexity index is 719. The van der Waals surface area contributed by atoms with Gasteiger partial charge in [0.05, 0.1) is 6.10 Å². The Labute approximate surface area is 131 Å². The number of nitrogens with zero attached hydrogens (tertiary/aromatic N) is 1. The van der Waals surface area contributed by atoms with Crippen LogP contribution < -0.4 is 0 Å². The van der Waals surface area contributed by atoms with Crippen LogP contribution in [0, 0.1) is 0 Å². The number of fused-ring (bicyclic) bond motifs is 1. The molecule has 0 amide bonds. The van der Waals surface area contributed by atoms with Gasteiger partial charge in [0, 0.05) is 13.0 Å². The van der Waals surface area contributed by atoms with Gasteiger partial charge in [0.15, 0.2) is 0 Å². The Morgan fingerprint density at radius 1 is 1.09 bits per heavy atom. The zero-order chi connectivity index (χ0) is 15.7. The molecule has 3 heteroatoms. The van der Waals surface area contributed by atoms with Crippen LogP contribution in [0.2, 0.25) is 0 Å². The summed E-state index contributed by atoms with van der Waals surface area (Å²) in [6.07, 6.45) is 0.149. The molecular formula is C19H21NO2. The monoisotopic (exact) mass is 295 g/mol. The highest BCUT2D eigenvalue weighted by atomic mass is 16.3. The van der Waals surface area contributed by atoms with Gasteiger partial charge in [-0.15, -0.1) is 0 Å². The number of hydrogen-bond donors (Lipinski definition) is 2. The van der Waals surface area contributed by atoms with Crippen LogP contribution in [0.1, 0.15) is 16.7 Å². The second kappa shape index (κ2) is 5.95. The number of phenols is 1. The summed E-state index contributed by atoms with van der Waals surface area (Å²) in [5, 5.41) is 20.4. The first-order valence-corrected chi connectivity index (χ1v) is 7.50. The molecule has 0 radical (unpaired) electrons. The molecule has 1 atom stereocenters. The molecule has 0 bridgehead atoms. The first kappa shape index (κ1) is 14.8. The lowest BCUT2D eigenvalue weighted by molar-refractivity contribution is 0.199. The third-order valence-electron chi connectivity index (χ3n) is 4.04. The number of benzene rings is 2. The van der Waals surface area contributed by atoms with E-state index in [1.165, 1.54) is 0 Å². The Kier molecular flexibility index (Phi) is 4.01. The molecule has 1 aliphatic carbocycles. The van der Waals surface area contributed by atoms with Gasteiger partial charge in [-0.05, 0) is 54.1 Å². The van der Waals surface area contributed by atoms with Crippen molar-refractivity contribution in [3.05, 3.63) is 70.8 Å². The Balaban J connectivity index is 2.24. The van der Waals surface area contributed by atoms with Crippen LogP contribution in [-0.4, -0.2) is 41.9 Å². The van der Waals surface area contributed by atoms with Gasteiger partial charge in [-0.25, -0.2) is 0 Å². The van der Waals surface area contributed by atoms with E-state index in [1.807, 2.05) is 38.4 Å². The van der Waals surface area contributed by atoms with Crippen molar-refractivity contribution < 1.29 is 10.2 Å². The second-order valence-corrected chi connectivity index (χ2v) is 6.07. The molecule has 0 aliphatic heterocycles. The van der Waals surface area contributed by atoms with E-state index in [0.717, 1.165) is 27.8 Å². The summed E-state index contributed by atoms with van der Waals surface area (Å²) in [4.78, 5) is 2.06. The molecule has 0 aromatic heterocycles. The molecule has 22 heavy (non-hydrogen) atoms. The molecule has 3 nitrogen and oxygen atoms in total. The normalized spacial score (nSPS) is 17.7. The van der Waals surface area contributed by atoms with Gasteiger partial charge >= 0.3 is 0 Å². The zero-order valence-corrected chi connectivity index (χ0v) is 13.0. The van der Waals surface area contributed by atoms with Crippen LogP contribution in [0.25, 0.3) is 5.57 Å². The topological polar surface area (TPSA) is 43.7 Å². The van der Waals surface area contributed by atoms with Crippen LogP contribution in [0.5, 0.6) is 5.75 Å². The minimum absolute atomic E-state index is 0.242. The van der Waals surface area contributed by atoms with Crippen LogP contribution in [0.4, 0.5) is 0 Å². The average molecular weight is 295 g/mol. The highest BCUT2D eigenvalue weighted by molar-refractivity contribution is 5.86. The quantitative estimate of drug-likeness (QED) is 0.915. The molecule has 0 saturated heterocycles. The summed E-state index contributed by atoms with van der Waals surface area (Å²) >= 11 is 0. The Morgan fingerprint density at radius 3 is 2.59 bits per heavy atom. The summed E-state index contributed by atoms with van der Waals surface area (Å²) in [6.45, 7) is 0.695. The van der Waals surface area contributed by atoms with Crippen molar-refractivity contribution in [2.24, 2.45) is 0 Å².